The largest absolute Gasteiger partial charge is 0.543 e. The molecular weight excluding hydrogens is 368 g/mol. The lowest BCUT2D eigenvalue weighted by atomic mass is 10.0. The Morgan fingerprint density at radius 1 is 1.00 bits per heavy atom. The molecular formula is C19H23BrO2Si. The van der Waals surface area contributed by atoms with Gasteiger partial charge < -0.3 is 4.43 Å². The van der Waals surface area contributed by atoms with Crippen LogP contribution in [0.5, 0.6) is 5.75 Å². The molecule has 2 nitrogen and oxygen atoms in total. The van der Waals surface area contributed by atoms with E-state index in [-0.39, 0.29) is 10.8 Å². The van der Waals surface area contributed by atoms with Gasteiger partial charge in [-0.3, -0.25) is 4.79 Å². The SMILES string of the molecule is CC(C)(C)[Si](C)(C)Oc1cccc(C(=O)c2cccc(Br)c2)c1. The van der Waals surface area contributed by atoms with Crippen LogP contribution in [0, 0.1) is 0 Å². The lowest BCUT2D eigenvalue weighted by Crippen LogP contribution is -2.43. The molecule has 0 aliphatic rings. The van der Waals surface area contributed by atoms with Crippen LogP contribution >= 0.6 is 15.9 Å². The minimum atomic E-state index is -1.91. The summed E-state index contributed by atoms with van der Waals surface area (Å²) in [6.45, 7) is 11.0. The van der Waals surface area contributed by atoms with E-state index in [4.69, 9.17) is 4.43 Å². The molecule has 0 radical (unpaired) electrons. The Bertz CT molecular complexity index is 717. The summed E-state index contributed by atoms with van der Waals surface area (Å²) in [6.07, 6.45) is 0. The molecule has 0 heterocycles. The van der Waals surface area contributed by atoms with Gasteiger partial charge in [-0.1, -0.05) is 61.0 Å². The minimum absolute atomic E-state index is 0.00646. The third-order valence-electron chi connectivity index (χ3n) is 4.36. The molecule has 2 aromatic rings. The maximum absolute atomic E-state index is 12.6. The van der Waals surface area contributed by atoms with Crippen LogP contribution < -0.4 is 4.43 Å². The minimum Gasteiger partial charge on any atom is -0.543 e. The van der Waals surface area contributed by atoms with Gasteiger partial charge in [0, 0.05) is 15.6 Å². The zero-order valence-electron chi connectivity index (χ0n) is 14.3. The van der Waals surface area contributed by atoms with E-state index in [2.05, 4.69) is 49.8 Å². The second-order valence-electron chi connectivity index (χ2n) is 7.23. The molecule has 0 fully saturated rings. The monoisotopic (exact) mass is 390 g/mol. The molecule has 2 aromatic carbocycles. The van der Waals surface area contributed by atoms with Gasteiger partial charge in [-0.05, 0) is 42.4 Å². The highest BCUT2D eigenvalue weighted by Gasteiger charge is 2.39. The van der Waals surface area contributed by atoms with Gasteiger partial charge in [-0.2, -0.15) is 0 Å². The first kappa shape index (κ1) is 18.0. The zero-order chi connectivity index (χ0) is 17.3. The van der Waals surface area contributed by atoms with Crippen LogP contribution in [0.1, 0.15) is 36.7 Å². The Labute approximate surface area is 148 Å². The van der Waals surface area contributed by atoms with Gasteiger partial charge in [-0.15, -0.1) is 0 Å². The molecule has 0 bridgehead atoms. The molecule has 2 rings (SSSR count). The molecule has 0 atom stereocenters. The van der Waals surface area contributed by atoms with Gasteiger partial charge in [-0.25, -0.2) is 0 Å². The summed E-state index contributed by atoms with van der Waals surface area (Å²) in [4.78, 5) is 12.6. The van der Waals surface area contributed by atoms with Gasteiger partial charge >= 0.3 is 0 Å². The third-order valence-corrected chi connectivity index (χ3v) is 9.21. The summed E-state index contributed by atoms with van der Waals surface area (Å²) >= 11 is 3.41. The van der Waals surface area contributed by atoms with E-state index < -0.39 is 8.32 Å². The van der Waals surface area contributed by atoms with Crippen molar-refractivity contribution in [2.75, 3.05) is 0 Å². The van der Waals surface area contributed by atoms with Crippen LogP contribution in [0.4, 0.5) is 0 Å². The predicted octanol–water partition coefficient (Wildman–Crippen LogP) is 6.06. The fourth-order valence-corrected chi connectivity index (χ4v) is 3.37. The Morgan fingerprint density at radius 2 is 1.57 bits per heavy atom. The molecule has 4 heteroatoms. The number of rotatable bonds is 4. The molecule has 0 unspecified atom stereocenters. The summed E-state index contributed by atoms with van der Waals surface area (Å²) < 4.78 is 7.19. The van der Waals surface area contributed by atoms with Crippen molar-refractivity contribution in [1.82, 2.24) is 0 Å². The molecule has 0 aliphatic carbocycles. The number of benzene rings is 2. The maximum Gasteiger partial charge on any atom is 0.250 e. The van der Waals surface area contributed by atoms with Crippen molar-refractivity contribution in [3.05, 3.63) is 64.1 Å². The summed E-state index contributed by atoms with van der Waals surface area (Å²) in [5, 5.41) is 0.122. The Morgan fingerprint density at radius 3 is 2.13 bits per heavy atom. The summed E-state index contributed by atoms with van der Waals surface area (Å²) in [6, 6.07) is 14.9. The van der Waals surface area contributed by atoms with Gasteiger partial charge in [0.15, 0.2) is 5.78 Å². The van der Waals surface area contributed by atoms with E-state index in [0.717, 1.165) is 10.2 Å². The van der Waals surface area contributed by atoms with Crippen LogP contribution in [0.2, 0.25) is 18.1 Å². The second kappa shape index (κ2) is 6.61. The van der Waals surface area contributed by atoms with Crippen LogP contribution in [0.25, 0.3) is 0 Å². The van der Waals surface area contributed by atoms with Crippen molar-refractivity contribution in [1.29, 1.82) is 0 Å². The molecule has 0 saturated carbocycles. The molecule has 0 saturated heterocycles. The molecule has 122 valence electrons. The lowest BCUT2D eigenvalue weighted by Gasteiger charge is -2.36. The third kappa shape index (κ3) is 4.33. The smallest absolute Gasteiger partial charge is 0.250 e. The first-order chi connectivity index (χ1) is 10.6. The van der Waals surface area contributed by atoms with Crippen molar-refractivity contribution in [3.63, 3.8) is 0 Å². The number of hydrogen-bond donors (Lipinski definition) is 0. The van der Waals surface area contributed by atoms with Crippen molar-refractivity contribution < 1.29 is 9.22 Å². The number of ketones is 1. The summed E-state index contributed by atoms with van der Waals surface area (Å²) in [7, 11) is -1.91. The number of hydrogen-bond acceptors (Lipinski definition) is 2. The average Bonchev–Trinajstić information content (AvgIpc) is 2.45. The second-order valence-corrected chi connectivity index (χ2v) is 12.9. The van der Waals surface area contributed by atoms with Crippen molar-refractivity contribution in [3.8, 4) is 5.75 Å². The van der Waals surface area contributed by atoms with E-state index in [9.17, 15) is 4.79 Å². The molecule has 0 spiro atoms. The van der Waals surface area contributed by atoms with E-state index >= 15 is 0 Å². The summed E-state index contributed by atoms with van der Waals surface area (Å²) in [5.74, 6) is 0.782. The average molecular weight is 391 g/mol. The van der Waals surface area contributed by atoms with Crippen LogP contribution in [0.3, 0.4) is 0 Å². The standard InChI is InChI=1S/C19H23BrO2Si/c1-19(2,3)23(4,5)22-17-11-7-9-15(13-17)18(21)14-8-6-10-16(20)12-14/h6-13H,1-5H3. The van der Waals surface area contributed by atoms with Crippen LogP contribution in [0.15, 0.2) is 53.0 Å². The van der Waals surface area contributed by atoms with Crippen LogP contribution in [-0.2, 0) is 0 Å². The predicted molar refractivity (Wildman–Crippen MR) is 102 cm³/mol. The fraction of sp³-hybridized carbons (Fsp3) is 0.316. The lowest BCUT2D eigenvalue weighted by molar-refractivity contribution is 0.103. The van der Waals surface area contributed by atoms with Gasteiger partial charge in [0.25, 0.3) is 0 Å². The van der Waals surface area contributed by atoms with E-state index in [1.54, 1.807) is 0 Å². The van der Waals surface area contributed by atoms with Crippen molar-refractivity contribution >= 4 is 30.0 Å². The normalized spacial score (nSPS) is 12.1. The number of carbonyl (C=O) groups excluding carboxylic acids is 1. The van der Waals surface area contributed by atoms with Crippen LogP contribution in [-0.4, -0.2) is 14.1 Å². The van der Waals surface area contributed by atoms with Crippen molar-refractivity contribution in [2.24, 2.45) is 0 Å². The van der Waals surface area contributed by atoms with Crippen molar-refractivity contribution in [2.45, 2.75) is 38.9 Å². The number of halogens is 1. The first-order valence-electron chi connectivity index (χ1n) is 7.69. The van der Waals surface area contributed by atoms with E-state index in [1.165, 1.54) is 0 Å². The molecule has 0 aromatic heterocycles. The fourth-order valence-electron chi connectivity index (χ4n) is 1.94. The topological polar surface area (TPSA) is 26.3 Å². The highest BCUT2D eigenvalue weighted by Crippen LogP contribution is 2.37. The maximum atomic E-state index is 12.6. The van der Waals surface area contributed by atoms with Gasteiger partial charge in [0.05, 0.1) is 0 Å². The number of carbonyl (C=O) groups is 1. The molecule has 0 aliphatic heterocycles. The first-order valence-corrected chi connectivity index (χ1v) is 11.4. The van der Waals surface area contributed by atoms with Gasteiger partial charge in [0.2, 0.25) is 8.32 Å². The Kier molecular flexibility index (Phi) is 5.16. The highest BCUT2D eigenvalue weighted by molar-refractivity contribution is 9.10. The molecule has 0 amide bonds. The zero-order valence-corrected chi connectivity index (χ0v) is 16.9. The van der Waals surface area contributed by atoms with Gasteiger partial charge in [0.1, 0.15) is 5.75 Å². The van der Waals surface area contributed by atoms with E-state index in [0.29, 0.717) is 11.1 Å². The quantitative estimate of drug-likeness (QED) is 0.467. The Balaban J connectivity index is 2.28. The highest BCUT2D eigenvalue weighted by atomic mass is 79.9. The molecule has 23 heavy (non-hydrogen) atoms. The van der Waals surface area contributed by atoms with E-state index in [1.807, 2.05) is 48.5 Å². The Hall–Kier alpha value is -1.39. The molecule has 0 N–H and O–H groups in total. The summed E-state index contributed by atoms with van der Waals surface area (Å²) in [5.41, 5.74) is 1.32.